The van der Waals surface area contributed by atoms with Gasteiger partial charge in [-0.05, 0) is 44.4 Å². The first-order valence-electron chi connectivity index (χ1n) is 10.6. The second-order valence-corrected chi connectivity index (χ2v) is 16.1. The highest BCUT2D eigenvalue weighted by Crippen LogP contribution is 2.73. The van der Waals surface area contributed by atoms with E-state index in [4.69, 9.17) is 9.47 Å². The molecule has 3 fully saturated rings. The molecule has 0 N–H and O–H groups in total. The summed E-state index contributed by atoms with van der Waals surface area (Å²) in [5.74, 6) is 2.77. The highest BCUT2D eigenvalue weighted by atomic mass is 28.3. The quantitative estimate of drug-likeness (QED) is 0.381. The number of ketones is 1. The number of nitriles is 1. The third kappa shape index (κ3) is 3.42. The van der Waals surface area contributed by atoms with Gasteiger partial charge in [0, 0.05) is 12.3 Å². The Hall–Kier alpha value is -1.40. The summed E-state index contributed by atoms with van der Waals surface area (Å²) in [5, 5.41) is 10.3. The van der Waals surface area contributed by atoms with Crippen LogP contribution in [0.1, 0.15) is 47.5 Å². The molecule has 0 amide bonds. The second kappa shape index (κ2) is 6.55. The summed E-state index contributed by atoms with van der Waals surface area (Å²) in [7, 11) is -1.64. The molecule has 2 aliphatic carbocycles. The molecule has 2 saturated carbocycles. The minimum atomic E-state index is -1.64. The van der Waals surface area contributed by atoms with Gasteiger partial charge in [-0.25, -0.2) is 0 Å². The predicted molar refractivity (Wildman–Crippen MR) is 116 cm³/mol. The van der Waals surface area contributed by atoms with Gasteiger partial charge in [0.1, 0.15) is 25.2 Å². The van der Waals surface area contributed by atoms with Gasteiger partial charge >= 0.3 is 0 Å². The molecular weight excluding hydrogens is 378 g/mol. The number of allylic oxidation sites excluding steroid dienone is 1. The fourth-order valence-corrected chi connectivity index (χ4v) is 6.45. The number of carbonyl (C=O) groups excluding carboxylic acids is 1. The lowest BCUT2D eigenvalue weighted by Gasteiger charge is -2.46. The van der Waals surface area contributed by atoms with Crippen molar-refractivity contribution < 1.29 is 14.3 Å². The van der Waals surface area contributed by atoms with Crippen LogP contribution in [-0.4, -0.2) is 31.3 Å². The Morgan fingerprint density at radius 2 is 1.86 bits per heavy atom. The fraction of sp³-hybridized carbons (Fsp3) is 0.750. The van der Waals surface area contributed by atoms with Crippen molar-refractivity contribution in [2.24, 2.45) is 28.6 Å². The summed E-state index contributed by atoms with van der Waals surface area (Å²) in [6, 6.07) is 2.44. The summed E-state index contributed by atoms with van der Waals surface area (Å²) >= 11 is 0. The summed E-state index contributed by atoms with van der Waals surface area (Å²) in [4.78, 5) is 13.4. The predicted octanol–water partition coefficient (Wildman–Crippen LogP) is 4.72. The highest BCUT2D eigenvalue weighted by molar-refractivity contribution is 6.83. The summed E-state index contributed by atoms with van der Waals surface area (Å²) in [6.45, 7) is 20.6. The Morgan fingerprint density at radius 1 is 1.24 bits per heavy atom. The number of ether oxygens (including phenoxy) is 2. The van der Waals surface area contributed by atoms with Crippen molar-refractivity contribution in [3.8, 4) is 17.5 Å². The number of carbonyl (C=O) groups is 1. The zero-order chi connectivity index (χ0) is 22.0. The molecule has 29 heavy (non-hydrogen) atoms. The molecular formula is C24H35NO3Si. The lowest BCUT2D eigenvalue weighted by molar-refractivity contribution is -0.185. The van der Waals surface area contributed by atoms with Gasteiger partial charge in [0.05, 0.1) is 6.07 Å². The first-order chi connectivity index (χ1) is 13.1. The number of nitrogens with zero attached hydrogens (tertiary/aromatic N) is 1. The molecule has 1 saturated heterocycles. The average molecular weight is 414 g/mol. The van der Waals surface area contributed by atoms with E-state index >= 15 is 0 Å². The highest BCUT2D eigenvalue weighted by Gasteiger charge is 2.76. The maximum atomic E-state index is 13.4. The largest absolute Gasteiger partial charge is 0.340 e. The maximum Gasteiger partial charge on any atom is 0.165 e. The summed E-state index contributed by atoms with van der Waals surface area (Å²) < 4.78 is 12.8. The molecule has 4 nitrogen and oxygen atoms in total. The molecule has 158 valence electrons. The van der Waals surface area contributed by atoms with Crippen molar-refractivity contribution in [3.05, 3.63) is 12.7 Å². The molecule has 3 rings (SSSR count). The van der Waals surface area contributed by atoms with Crippen molar-refractivity contribution in [3.63, 3.8) is 0 Å². The smallest absolute Gasteiger partial charge is 0.165 e. The van der Waals surface area contributed by atoms with Gasteiger partial charge in [0.15, 0.2) is 11.6 Å². The van der Waals surface area contributed by atoms with E-state index in [9.17, 15) is 10.1 Å². The van der Waals surface area contributed by atoms with Crippen molar-refractivity contribution in [2.75, 3.05) is 0 Å². The number of hydrogen-bond donors (Lipinski definition) is 0. The third-order valence-electron chi connectivity index (χ3n) is 7.18. The van der Waals surface area contributed by atoms with Crippen molar-refractivity contribution in [1.29, 1.82) is 5.26 Å². The van der Waals surface area contributed by atoms with Crippen LogP contribution in [-0.2, 0) is 14.3 Å². The number of rotatable bonds is 3. The molecule has 6 atom stereocenters. The Morgan fingerprint density at radius 3 is 2.38 bits per heavy atom. The number of hydrogen-bond acceptors (Lipinski definition) is 4. The first kappa shape index (κ1) is 22.3. The maximum absolute atomic E-state index is 13.4. The Bertz CT molecular complexity index is 837. The Kier molecular flexibility index (Phi) is 5.03. The van der Waals surface area contributed by atoms with Crippen LogP contribution in [0.25, 0.3) is 0 Å². The molecule has 1 aliphatic heterocycles. The molecule has 1 heterocycles. The Labute approximate surface area is 177 Å². The van der Waals surface area contributed by atoms with E-state index in [1.807, 2.05) is 20.8 Å². The van der Waals surface area contributed by atoms with Crippen LogP contribution in [0, 0.1) is 51.4 Å². The van der Waals surface area contributed by atoms with E-state index in [0.29, 0.717) is 12.8 Å². The zero-order valence-corrected chi connectivity index (χ0v) is 20.2. The standard InChI is InChI=1S/C24H35NO3Si/c1-10-12-24(15-25)17(26)14-16-19(21(16,2)3)20(24)23(6)18(11-13-29(7,8)9)27-22(4,5)28-23/h10,16,18-20H,1,12,14H2,2-9H3/t16?,18-,19+,20+,23-,24?/m1/s1. The number of fused-ring (bicyclic) bond motifs is 1. The monoisotopic (exact) mass is 413 g/mol. The fourth-order valence-electron chi connectivity index (χ4n) is 5.88. The molecule has 0 aromatic heterocycles. The number of Topliss-reactive ketones (excluding diaryl/α,β-unsaturated/α-hetero) is 1. The van der Waals surface area contributed by atoms with Crippen LogP contribution >= 0.6 is 0 Å². The summed E-state index contributed by atoms with van der Waals surface area (Å²) in [6.07, 6.45) is 2.02. The van der Waals surface area contributed by atoms with E-state index < -0.39 is 31.0 Å². The first-order valence-corrected chi connectivity index (χ1v) is 14.1. The molecule has 3 aliphatic rings. The van der Waals surface area contributed by atoms with Crippen LogP contribution in [0.15, 0.2) is 12.7 Å². The van der Waals surface area contributed by atoms with E-state index in [0.717, 1.165) is 0 Å². The molecule has 0 aromatic rings. The zero-order valence-electron chi connectivity index (χ0n) is 19.2. The lowest BCUT2D eigenvalue weighted by Crippen LogP contribution is -2.57. The third-order valence-corrected chi connectivity index (χ3v) is 8.08. The van der Waals surface area contributed by atoms with Crippen LogP contribution in [0.4, 0.5) is 0 Å². The van der Waals surface area contributed by atoms with Gasteiger partial charge in [-0.2, -0.15) is 5.26 Å². The van der Waals surface area contributed by atoms with Gasteiger partial charge in [0.2, 0.25) is 0 Å². The molecule has 2 unspecified atom stereocenters. The van der Waals surface area contributed by atoms with E-state index in [-0.39, 0.29) is 29.0 Å². The molecule has 5 heteroatoms. The second-order valence-electron chi connectivity index (χ2n) is 11.3. The van der Waals surface area contributed by atoms with Crippen LogP contribution in [0.5, 0.6) is 0 Å². The van der Waals surface area contributed by atoms with Crippen molar-refractivity contribution in [2.45, 2.75) is 84.6 Å². The molecule has 0 radical (unpaired) electrons. The molecule has 0 aromatic carbocycles. The van der Waals surface area contributed by atoms with E-state index in [2.05, 4.69) is 57.6 Å². The normalized spacial score (nSPS) is 42.2. The van der Waals surface area contributed by atoms with Gasteiger partial charge in [-0.1, -0.05) is 45.5 Å². The Balaban J connectivity index is 2.18. The van der Waals surface area contributed by atoms with E-state index in [1.165, 1.54) is 0 Å². The minimum Gasteiger partial charge on any atom is -0.340 e. The van der Waals surface area contributed by atoms with Crippen LogP contribution in [0.3, 0.4) is 0 Å². The van der Waals surface area contributed by atoms with E-state index in [1.54, 1.807) is 6.08 Å². The van der Waals surface area contributed by atoms with Gasteiger partial charge in [-0.15, -0.1) is 12.1 Å². The molecule has 0 spiro atoms. The van der Waals surface area contributed by atoms with Crippen LogP contribution in [0.2, 0.25) is 19.6 Å². The van der Waals surface area contributed by atoms with Gasteiger partial charge in [0.25, 0.3) is 0 Å². The van der Waals surface area contributed by atoms with Crippen molar-refractivity contribution in [1.82, 2.24) is 0 Å². The molecule has 0 bridgehead atoms. The summed E-state index contributed by atoms with van der Waals surface area (Å²) in [5.41, 5.74) is 1.44. The van der Waals surface area contributed by atoms with Gasteiger partial charge in [-0.3, -0.25) is 4.79 Å². The SMILES string of the molecule is C=CCC1(C#N)C(=O)CC2[C@@H]([C@H]1[C@]1(C)OC(C)(C)O[C@@H]1C#C[Si](C)(C)C)C2(C)C. The van der Waals surface area contributed by atoms with Gasteiger partial charge < -0.3 is 9.47 Å². The lowest BCUT2D eigenvalue weighted by atomic mass is 9.57. The minimum absolute atomic E-state index is 0.00401. The van der Waals surface area contributed by atoms with Crippen LogP contribution < -0.4 is 0 Å². The topological polar surface area (TPSA) is 59.3 Å². The van der Waals surface area contributed by atoms with Crippen molar-refractivity contribution >= 4 is 13.9 Å². The average Bonchev–Trinajstić information content (AvgIpc) is 2.98.